The van der Waals surface area contributed by atoms with Crippen molar-refractivity contribution in [1.82, 2.24) is 4.98 Å². The van der Waals surface area contributed by atoms with Gasteiger partial charge in [-0.2, -0.15) is 10.5 Å². The first-order valence-corrected chi connectivity index (χ1v) is 2.64. The molecule has 0 radical (unpaired) electrons. The van der Waals surface area contributed by atoms with Crippen molar-refractivity contribution in [1.29, 1.82) is 10.5 Å². The number of nitriles is 2. The van der Waals surface area contributed by atoms with Gasteiger partial charge in [-0.15, -0.1) is 0 Å². The summed E-state index contributed by atoms with van der Waals surface area (Å²) in [4.78, 5) is 2.23. The van der Waals surface area contributed by atoms with E-state index >= 15 is 0 Å². The summed E-state index contributed by atoms with van der Waals surface area (Å²) < 4.78 is 0. The Kier molecular flexibility index (Phi) is 7.47. The Morgan fingerprint density at radius 1 is 0.923 bits per heavy atom. The van der Waals surface area contributed by atoms with Crippen LogP contribution in [0.4, 0.5) is 0 Å². The van der Waals surface area contributed by atoms with E-state index in [4.69, 9.17) is 20.7 Å². The van der Waals surface area contributed by atoms with Gasteiger partial charge in [-0.05, 0) is 0 Å². The van der Waals surface area contributed by atoms with Gasteiger partial charge in [0.15, 0.2) is 22.9 Å². The zero-order valence-electron chi connectivity index (χ0n) is 7.29. The molecule has 0 aliphatic heterocycles. The van der Waals surface area contributed by atoms with Crippen LogP contribution in [0.1, 0.15) is 11.4 Å². The van der Waals surface area contributed by atoms with E-state index in [9.17, 15) is 0 Å². The summed E-state index contributed by atoms with van der Waals surface area (Å²) in [5, 5.41) is 34.4. The minimum atomic E-state index is -0.580. The zero-order chi connectivity index (χ0) is 8.43. The number of aromatic amines is 1. The number of nitrogens with one attached hydrogen (secondary N) is 1. The van der Waals surface area contributed by atoms with Gasteiger partial charge in [0.25, 0.3) is 0 Å². The maximum atomic E-state index is 8.89. The first kappa shape index (κ1) is 15.3. The van der Waals surface area contributed by atoms with E-state index in [0.717, 1.165) is 0 Å². The number of rotatable bonds is 0. The molecule has 3 N–H and O–H groups in total. The Balaban J connectivity index is 0. The fourth-order valence-corrected chi connectivity index (χ4v) is 0.642. The van der Waals surface area contributed by atoms with Crippen molar-refractivity contribution in [2.45, 2.75) is 0 Å². The molecule has 0 aliphatic rings. The molecule has 5 nitrogen and oxygen atoms in total. The van der Waals surface area contributed by atoms with E-state index in [1.165, 1.54) is 0 Å². The average molecular weight is 195 g/mol. The number of aromatic nitrogens is 1. The molecule has 0 amide bonds. The number of hydrogen-bond acceptors (Lipinski definition) is 4. The summed E-state index contributed by atoms with van der Waals surface area (Å²) in [5.74, 6) is -1.16. The van der Waals surface area contributed by atoms with Gasteiger partial charge in [-0.3, -0.25) is 0 Å². The molecular formula is C6H3N3Na2O2+2. The first-order valence-electron chi connectivity index (χ1n) is 2.64. The maximum Gasteiger partial charge on any atom is 1.00 e. The monoisotopic (exact) mass is 195 g/mol. The summed E-state index contributed by atoms with van der Waals surface area (Å²) in [6.07, 6.45) is 0. The van der Waals surface area contributed by atoms with Crippen LogP contribution in [-0.4, -0.2) is 15.2 Å². The van der Waals surface area contributed by atoms with E-state index in [2.05, 4.69) is 4.98 Å². The van der Waals surface area contributed by atoms with Gasteiger partial charge in [0.2, 0.25) is 0 Å². The normalized spacial score (nSPS) is 7.23. The molecule has 0 bridgehead atoms. The van der Waals surface area contributed by atoms with Crippen LogP contribution < -0.4 is 59.1 Å². The zero-order valence-corrected chi connectivity index (χ0v) is 11.3. The van der Waals surface area contributed by atoms with Crippen molar-refractivity contribution in [3.05, 3.63) is 11.4 Å². The molecule has 0 saturated heterocycles. The average Bonchev–Trinajstić information content (AvgIpc) is 2.30. The fraction of sp³-hybridized carbons (Fsp3) is 0. The third-order valence-corrected chi connectivity index (χ3v) is 1.17. The van der Waals surface area contributed by atoms with Crippen LogP contribution >= 0.6 is 0 Å². The summed E-state index contributed by atoms with van der Waals surface area (Å²) in [6, 6.07) is 3.15. The van der Waals surface area contributed by atoms with Gasteiger partial charge in [-0.1, -0.05) is 0 Å². The Hall–Kier alpha value is -0.140. The topological polar surface area (TPSA) is 104 Å². The molecule has 0 unspecified atom stereocenters. The molecule has 1 rings (SSSR count). The Morgan fingerprint density at radius 2 is 1.23 bits per heavy atom. The van der Waals surface area contributed by atoms with Gasteiger partial charge in [-0.25, -0.2) is 0 Å². The second-order valence-electron chi connectivity index (χ2n) is 1.80. The van der Waals surface area contributed by atoms with Gasteiger partial charge in [0, 0.05) is 0 Å². The van der Waals surface area contributed by atoms with Crippen molar-refractivity contribution >= 4 is 0 Å². The van der Waals surface area contributed by atoms with Crippen LogP contribution in [0, 0.1) is 22.7 Å². The summed E-state index contributed by atoms with van der Waals surface area (Å²) >= 11 is 0. The summed E-state index contributed by atoms with van der Waals surface area (Å²) in [5.41, 5.74) is -0.418. The molecule has 0 spiro atoms. The Bertz CT molecular complexity index is 340. The predicted octanol–water partition coefficient (Wildman–Crippen LogP) is -5.82. The molecule has 0 aromatic carbocycles. The van der Waals surface area contributed by atoms with Crippen LogP contribution in [0.5, 0.6) is 11.5 Å². The Labute approximate surface area is 119 Å². The number of hydrogen-bond donors (Lipinski definition) is 3. The van der Waals surface area contributed by atoms with Crippen molar-refractivity contribution in [3.63, 3.8) is 0 Å². The molecular weight excluding hydrogens is 192 g/mol. The molecule has 1 aromatic rings. The fourth-order valence-electron chi connectivity index (χ4n) is 0.642. The SMILES string of the molecule is N#Cc1[nH]c(C#N)c(O)c1O.[Na+].[Na+]. The number of aromatic hydroxyl groups is 2. The minimum Gasteiger partial charge on any atom is -0.502 e. The second-order valence-corrected chi connectivity index (χ2v) is 1.80. The summed E-state index contributed by atoms with van der Waals surface area (Å²) in [7, 11) is 0. The molecule has 0 saturated carbocycles. The molecule has 1 aromatic heterocycles. The van der Waals surface area contributed by atoms with Crippen molar-refractivity contribution in [3.8, 4) is 23.6 Å². The quantitative estimate of drug-likeness (QED) is 0.358. The third-order valence-electron chi connectivity index (χ3n) is 1.17. The molecule has 0 fully saturated rings. The van der Waals surface area contributed by atoms with Crippen LogP contribution in [-0.2, 0) is 0 Å². The Morgan fingerprint density at radius 3 is 1.38 bits per heavy atom. The summed E-state index contributed by atoms with van der Waals surface area (Å²) in [6.45, 7) is 0. The second kappa shape index (κ2) is 6.33. The molecule has 1 heterocycles. The first-order chi connectivity index (χ1) is 5.20. The largest absolute Gasteiger partial charge is 1.00 e. The van der Waals surface area contributed by atoms with E-state index < -0.39 is 11.5 Å². The molecule has 54 valence electrons. The van der Waals surface area contributed by atoms with E-state index in [1.807, 2.05) is 0 Å². The molecule has 0 aliphatic carbocycles. The van der Waals surface area contributed by atoms with Crippen molar-refractivity contribution in [2.24, 2.45) is 0 Å². The van der Waals surface area contributed by atoms with Gasteiger partial charge in [0.1, 0.15) is 12.1 Å². The van der Waals surface area contributed by atoms with Gasteiger partial charge in [0.05, 0.1) is 0 Å². The van der Waals surface area contributed by atoms with Gasteiger partial charge < -0.3 is 15.2 Å². The third kappa shape index (κ3) is 2.92. The maximum absolute atomic E-state index is 8.89. The van der Waals surface area contributed by atoms with Crippen LogP contribution in [0.3, 0.4) is 0 Å². The van der Waals surface area contributed by atoms with Crippen molar-refractivity contribution < 1.29 is 69.3 Å². The van der Waals surface area contributed by atoms with Crippen molar-refractivity contribution in [2.75, 3.05) is 0 Å². The predicted molar refractivity (Wildman–Crippen MR) is 33.6 cm³/mol. The van der Waals surface area contributed by atoms with Crippen LogP contribution in [0.25, 0.3) is 0 Å². The van der Waals surface area contributed by atoms with Crippen LogP contribution in [0.2, 0.25) is 0 Å². The number of nitrogens with zero attached hydrogens (tertiary/aromatic N) is 2. The van der Waals surface area contributed by atoms with E-state index in [0.29, 0.717) is 0 Å². The standard InChI is InChI=1S/C6H3N3O2.2Na/c7-1-3-5(10)6(11)4(2-8)9-3;;/h9-11H;;/q;2*+1. The molecule has 13 heavy (non-hydrogen) atoms. The smallest absolute Gasteiger partial charge is 0.502 e. The van der Waals surface area contributed by atoms with E-state index in [1.54, 1.807) is 12.1 Å². The van der Waals surface area contributed by atoms with Gasteiger partial charge >= 0.3 is 59.1 Å². The molecule has 0 atom stereocenters. The number of H-pyrrole nitrogens is 1. The van der Waals surface area contributed by atoms with Crippen LogP contribution in [0.15, 0.2) is 0 Å². The molecule has 7 heteroatoms. The minimum absolute atomic E-state index is 0. The van der Waals surface area contributed by atoms with E-state index in [-0.39, 0.29) is 70.5 Å².